The maximum absolute atomic E-state index is 9.67. The number of oxime groups is 1. The van der Waals surface area contributed by atoms with Crippen molar-refractivity contribution in [1.29, 1.82) is 0 Å². The number of rotatable bonds is 6. The van der Waals surface area contributed by atoms with E-state index in [1.54, 1.807) is 0 Å². The fraction of sp³-hybridized carbons (Fsp3) is 0.500. The van der Waals surface area contributed by atoms with Crippen LogP contribution in [0.3, 0.4) is 0 Å². The molecular weight excluding hydrogens is 246 g/mol. The highest BCUT2D eigenvalue weighted by atomic mass is 16.5. The van der Waals surface area contributed by atoms with Gasteiger partial charge in [0.25, 0.3) is 0 Å². The van der Waals surface area contributed by atoms with Crippen LogP contribution in [0.1, 0.15) is 24.5 Å². The van der Waals surface area contributed by atoms with Gasteiger partial charge in [-0.2, -0.15) is 0 Å². The zero-order chi connectivity index (χ0) is 13.7. The molecule has 2 rings (SSSR count). The molecule has 0 bridgehead atoms. The molecule has 0 heterocycles. The summed E-state index contributed by atoms with van der Waals surface area (Å²) in [4.78, 5) is 0. The Morgan fingerprint density at radius 1 is 1.32 bits per heavy atom. The topological polar surface area (TPSA) is 71.3 Å². The maximum Gasteiger partial charge on any atom is 0.123 e. The van der Waals surface area contributed by atoms with Crippen LogP contribution in [-0.4, -0.2) is 42.0 Å². The van der Waals surface area contributed by atoms with Crippen molar-refractivity contribution in [2.75, 3.05) is 19.8 Å². The lowest BCUT2D eigenvalue weighted by Crippen LogP contribution is -2.23. The zero-order valence-corrected chi connectivity index (χ0v) is 11.0. The molecule has 0 amide bonds. The van der Waals surface area contributed by atoms with Crippen LogP contribution in [-0.2, 0) is 11.2 Å². The average Bonchev–Trinajstić information content (AvgIpc) is 2.86. The van der Waals surface area contributed by atoms with Gasteiger partial charge in [-0.3, -0.25) is 0 Å². The van der Waals surface area contributed by atoms with E-state index in [0.29, 0.717) is 18.7 Å². The van der Waals surface area contributed by atoms with Gasteiger partial charge in [0, 0.05) is 17.7 Å². The Hall–Kier alpha value is -1.59. The highest BCUT2D eigenvalue weighted by molar-refractivity contribution is 6.04. The molecule has 0 aliphatic heterocycles. The molecule has 1 aromatic carbocycles. The van der Waals surface area contributed by atoms with E-state index in [0.717, 1.165) is 23.3 Å². The van der Waals surface area contributed by atoms with Gasteiger partial charge in [0.05, 0.1) is 12.3 Å². The third kappa shape index (κ3) is 3.24. The highest BCUT2D eigenvalue weighted by Gasteiger charge is 2.22. The van der Waals surface area contributed by atoms with Crippen molar-refractivity contribution in [2.45, 2.75) is 25.9 Å². The van der Waals surface area contributed by atoms with Crippen LogP contribution in [0.5, 0.6) is 5.75 Å². The van der Waals surface area contributed by atoms with Crippen LogP contribution in [0.4, 0.5) is 0 Å². The van der Waals surface area contributed by atoms with Gasteiger partial charge in [-0.25, -0.2) is 0 Å². The molecule has 0 spiro atoms. The summed E-state index contributed by atoms with van der Waals surface area (Å²) in [6, 6.07) is 5.65. The number of aliphatic hydroxyl groups excluding tert-OH is 1. The Bertz CT molecular complexity index is 459. The molecule has 5 heteroatoms. The molecule has 0 radical (unpaired) electrons. The summed E-state index contributed by atoms with van der Waals surface area (Å²) in [7, 11) is 0. The Balaban J connectivity index is 2.01. The lowest BCUT2D eigenvalue weighted by Gasteiger charge is -2.14. The summed E-state index contributed by atoms with van der Waals surface area (Å²) in [6.07, 6.45) is 0.878. The van der Waals surface area contributed by atoms with Crippen molar-refractivity contribution in [3.05, 3.63) is 29.3 Å². The number of benzene rings is 1. The monoisotopic (exact) mass is 265 g/mol. The summed E-state index contributed by atoms with van der Waals surface area (Å²) >= 11 is 0. The molecule has 19 heavy (non-hydrogen) atoms. The molecule has 2 N–H and O–H groups in total. The van der Waals surface area contributed by atoms with E-state index >= 15 is 0 Å². The van der Waals surface area contributed by atoms with E-state index in [2.05, 4.69) is 5.16 Å². The first-order valence-corrected chi connectivity index (χ1v) is 6.48. The van der Waals surface area contributed by atoms with Crippen molar-refractivity contribution >= 4 is 5.71 Å². The molecule has 0 aromatic heterocycles. The Morgan fingerprint density at radius 3 is 2.89 bits per heavy atom. The minimum Gasteiger partial charge on any atom is -0.490 e. The molecule has 1 aromatic rings. The quantitative estimate of drug-likeness (QED) is 0.605. The number of hydrogen-bond donors (Lipinski definition) is 2. The lowest BCUT2D eigenvalue weighted by atomic mass is 10.1. The number of aliphatic hydroxyl groups is 1. The minimum atomic E-state index is -0.636. The number of nitrogens with zero attached hydrogens (tertiary/aromatic N) is 1. The Morgan fingerprint density at radius 2 is 2.16 bits per heavy atom. The molecule has 1 aliphatic carbocycles. The number of hydrogen-bond acceptors (Lipinski definition) is 5. The number of ether oxygens (including phenoxy) is 2. The lowest BCUT2D eigenvalue weighted by molar-refractivity contribution is 0.0163. The van der Waals surface area contributed by atoms with E-state index in [9.17, 15) is 5.11 Å². The molecule has 0 saturated heterocycles. The SMILES string of the molecule is CCOCC(O)COc1cccc2c1CCC2=NO. The van der Waals surface area contributed by atoms with E-state index < -0.39 is 6.10 Å². The van der Waals surface area contributed by atoms with E-state index in [-0.39, 0.29) is 13.2 Å². The van der Waals surface area contributed by atoms with Crippen molar-refractivity contribution in [2.24, 2.45) is 5.16 Å². The first kappa shape index (κ1) is 13.8. The van der Waals surface area contributed by atoms with Crippen molar-refractivity contribution in [3.8, 4) is 5.75 Å². The van der Waals surface area contributed by atoms with Crippen LogP contribution < -0.4 is 4.74 Å². The molecular formula is C14H19NO4. The van der Waals surface area contributed by atoms with E-state index in [1.165, 1.54) is 0 Å². The first-order chi connectivity index (χ1) is 9.26. The first-order valence-electron chi connectivity index (χ1n) is 6.48. The molecule has 0 fully saturated rings. The van der Waals surface area contributed by atoms with Gasteiger partial charge in [-0.05, 0) is 25.8 Å². The molecule has 1 aliphatic rings. The summed E-state index contributed by atoms with van der Waals surface area (Å²) in [5.74, 6) is 0.742. The third-order valence-corrected chi connectivity index (χ3v) is 3.12. The van der Waals surface area contributed by atoms with Crippen LogP contribution in [0, 0.1) is 0 Å². The minimum absolute atomic E-state index is 0.196. The van der Waals surface area contributed by atoms with Gasteiger partial charge in [-0.15, -0.1) is 0 Å². The van der Waals surface area contributed by atoms with Crippen molar-refractivity contribution < 1.29 is 19.8 Å². The van der Waals surface area contributed by atoms with Crippen LogP contribution >= 0.6 is 0 Å². The highest BCUT2D eigenvalue weighted by Crippen LogP contribution is 2.30. The average molecular weight is 265 g/mol. The van der Waals surface area contributed by atoms with Crippen LogP contribution in [0.2, 0.25) is 0 Å². The van der Waals surface area contributed by atoms with E-state index in [1.807, 2.05) is 25.1 Å². The van der Waals surface area contributed by atoms with Gasteiger partial charge < -0.3 is 19.8 Å². The molecule has 1 atom stereocenters. The Labute approximate surface area is 112 Å². The van der Waals surface area contributed by atoms with Gasteiger partial charge in [-0.1, -0.05) is 17.3 Å². The predicted molar refractivity (Wildman–Crippen MR) is 71.1 cm³/mol. The summed E-state index contributed by atoms with van der Waals surface area (Å²) in [5.41, 5.74) is 2.66. The third-order valence-electron chi connectivity index (χ3n) is 3.12. The van der Waals surface area contributed by atoms with Crippen molar-refractivity contribution in [3.63, 3.8) is 0 Å². The van der Waals surface area contributed by atoms with Crippen molar-refractivity contribution in [1.82, 2.24) is 0 Å². The second kappa shape index (κ2) is 6.54. The molecule has 0 saturated carbocycles. The second-order valence-corrected chi connectivity index (χ2v) is 4.45. The Kier molecular flexibility index (Phi) is 4.76. The largest absolute Gasteiger partial charge is 0.490 e. The fourth-order valence-electron chi connectivity index (χ4n) is 2.20. The normalized spacial score (nSPS) is 17.5. The maximum atomic E-state index is 9.67. The van der Waals surface area contributed by atoms with E-state index in [4.69, 9.17) is 14.7 Å². The zero-order valence-electron chi connectivity index (χ0n) is 11.0. The fourth-order valence-corrected chi connectivity index (χ4v) is 2.20. The van der Waals surface area contributed by atoms with Crippen LogP contribution in [0.15, 0.2) is 23.4 Å². The summed E-state index contributed by atoms with van der Waals surface area (Å²) in [5, 5.41) is 21.9. The molecule has 1 unspecified atom stereocenters. The second-order valence-electron chi connectivity index (χ2n) is 4.45. The number of fused-ring (bicyclic) bond motifs is 1. The smallest absolute Gasteiger partial charge is 0.123 e. The predicted octanol–water partition coefficient (Wildman–Crippen LogP) is 1.59. The van der Waals surface area contributed by atoms with Gasteiger partial charge in [0.2, 0.25) is 0 Å². The molecule has 104 valence electrons. The summed E-state index contributed by atoms with van der Waals surface area (Å²) < 4.78 is 10.8. The summed E-state index contributed by atoms with van der Waals surface area (Å²) in [6.45, 7) is 2.93. The molecule has 5 nitrogen and oxygen atoms in total. The standard InChI is InChI=1S/C14H19NO4/c1-2-18-8-10(16)9-19-14-5-3-4-11-12(14)6-7-13(11)15-17/h3-5,10,16-17H,2,6-9H2,1H3. The van der Waals surface area contributed by atoms with Gasteiger partial charge >= 0.3 is 0 Å². The van der Waals surface area contributed by atoms with Gasteiger partial charge in [0.15, 0.2) is 0 Å². The van der Waals surface area contributed by atoms with Gasteiger partial charge in [0.1, 0.15) is 18.5 Å². The van der Waals surface area contributed by atoms with Crippen LogP contribution in [0.25, 0.3) is 0 Å².